The average Bonchev–Trinajstić information content (AvgIpc) is 3.09. The largest absolute Gasteiger partial charge is 0.417 e. The van der Waals surface area contributed by atoms with Crippen molar-refractivity contribution < 1.29 is 18.0 Å². The number of rotatable bonds is 5. The summed E-state index contributed by atoms with van der Waals surface area (Å²) in [6.07, 6.45) is -1.97. The number of nitrogens with one attached hydrogen (secondary N) is 2. The smallest absolute Gasteiger partial charge is 0.361 e. The summed E-state index contributed by atoms with van der Waals surface area (Å²) in [5.74, 6) is 0.00935. The number of aromatic amines is 1. The van der Waals surface area contributed by atoms with Gasteiger partial charge in [0.05, 0.1) is 5.56 Å². The van der Waals surface area contributed by atoms with Crippen molar-refractivity contribution in [3.05, 3.63) is 70.9 Å². The second kappa shape index (κ2) is 7.31. The highest BCUT2D eigenvalue weighted by Gasteiger charge is 2.33. The predicted octanol–water partition coefficient (Wildman–Crippen LogP) is 3.97. The zero-order valence-electron chi connectivity index (χ0n) is 15.1. The second-order valence-electron chi connectivity index (χ2n) is 6.92. The summed E-state index contributed by atoms with van der Waals surface area (Å²) in [5, 5.41) is 3.37. The lowest BCUT2D eigenvalue weighted by molar-refractivity contribution is -0.136. The minimum absolute atomic E-state index is 0.00935. The SMILES string of the molecule is O=C1c2ccccc2CCN1CCNCc1c[nH]c2cccc(C(F)(F)F)c12. The number of fused-ring (bicyclic) bond motifs is 2. The molecule has 0 fully saturated rings. The van der Waals surface area contributed by atoms with Gasteiger partial charge in [-0.05, 0) is 35.7 Å². The van der Waals surface area contributed by atoms with Gasteiger partial charge in [0.1, 0.15) is 0 Å². The van der Waals surface area contributed by atoms with Crippen LogP contribution in [0.15, 0.2) is 48.7 Å². The van der Waals surface area contributed by atoms with E-state index in [1.807, 2.05) is 24.3 Å². The molecule has 2 aromatic carbocycles. The molecule has 4 rings (SSSR count). The number of alkyl halides is 3. The summed E-state index contributed by atoms with van der Waals surface area (Å²) in [7, 11) is 0. The summed E-state index contributed by atoms with van der Waals surface area (Å²) in [6.45, 7) is 1.98. The van der Waals surface area contributed by atoms with E-state index in [1.165, 1.54) is 6.07 Å². The van der Waals surface area contributed by atoms with Gasteiger partial charge in [-0.15, -0.1) is 0 Å². The monoisotopic (exact) mass is 387 g/mol. The molecule has 1 aromatic heterocycles. The van der Waals surface area contributed by atoms with E-state index < -0.39 is 11.7 Å². The average molecular weight is 387 g/mol. The number of carbonyl (C=O) groups excluding carboxylic acids is 1. The fourth-order valence-corrected chi connectivity index (χ4v) is 3.76. The number of H-pyrrole nitrogens is 1. The van der Waals surface area contributed by atoms with Crippen LogP contribution in [0.25, 0.3) is 10.9 Å². The maximum Gasteiger partial charge on any atom is 0.417 e. The molecule has 7 heteroatoms. The highest BCUT2D eigenvalue weighted by Crippen LogP contribution is 2.36. The Morgan fingerprint density at radius 2 is 1.93 bits per heavy atom. The first-order chi connectivity index (χ1) is 13.4. The van der Waals surface area contributed by atoms with Crippen molar-refractivity contribution >= 4 is 16.8 Å². The van der Waals surface area contributed by atoms with E-state index in [9.17, 15) is 18.0 Å². The topological polar surface area (TPSA) is 48.1 Å². The first-order valence-electron chi connectivity index (χ1n) is 9.19. The predicted molar refractivity (Wildman–Crippen MR) is 101 cm³/mol. The molecule has 0 bridgehead atoms. The van der Waals surface area contributed by atoms with Crippen LogP contribution < -0.4 is 5.32 Å². The standard InChI is InChI=1S/C21H20F3N3O/c22-21(23,24)17-6-3-7-18-19(17)15(13-26-18)12-25-9-11-27-10-8-14-4-1-2-5-16(14)20(27)28/h1-7,13,25-26H,8-12H2. The molecule has 0 radical (unpaired) electrons. The van der Waals surface area contributed by atoms with Crippen molar-refractivity contribution in [1.29, 1.82) is 0 Å². The molecule has 0 saturated heterocycles. The quantitative estimate of drug-likeness (QED) is 0.651. The number of hydrogen-bond donors (Lipinski definition) is 2. The van der Waals surface area contributed by atoms with Gasteiger partial charge in [-0.25, -0.2) is 0 Å². The summed E-state index contributed by atoms with van der Waals surface area (Å²) in [4.78, 5) is 17.2. The summed E-state index contributed by atoms with van der Waals surface area (Å²) >= 11 is 0. The minimum atomic E-state index is -4.40. The third-order valence-electron chi connectivity index (χ3n) is 5.15. The van der Waals surface area contributed by atoms with Crippen molar-refractivity contribution in [2.75, 3.05) is 19.6 Å². The van der Waals surface area contributed by atoms with E-state index in [-0.39, 0.29) is 11.3 Å². The Morgan fingerprint density at radius 1 is 1.11 bits per heavy atom. The van der Waals surface area contributed by atoms with Crippen LogP contribution in [0, 0.1) is 0 Å². The van der Waals surface area contributed by atoms with Crippen molar-refractivity contribution in [3.8, 4) is 0 Å². The normalized spacial score (nSPS) is 14.5. The molecule has 28 heavy (non-hydrogen) atoms. The highest BCUT2D eigenvalue weighted by atomic mass is 19.4. The number of halogens is 3. The molecule has 0 spiro atoms. The lowest BCUT2D eigenvalue weighted by Crippen LogP contribution is -2.41. The molecular formula is C21H20F3N3O. The first kappa shape index (κ1) is 18.6. The molecule has 0 atom stereocenters. The Hall–Kier alpha value is -2.80. The first-order valence-corrected chi connectivity index (χ1v) is 9.19. The van der Waals surface area contributed by atoms with E-state index in [1.54, 1.807) is 17.2 Å². The van der Waals surface area contributed by atoms with Crippen LogP contribution in [0.4, 0.5) is 13.2 Å². The molecule has 0 saturated carbocycles. The molecule has 4 nitrogen and oxygen atoms in total. The minimum Gasteiger partial charge on any atom is -0.361 e. The van der Waals surface area contributed by atoms with Crippen molar-refractivity contribution in [2.45, 2.75) is 19.1 Å². The van der Waals surface area contributed by atoms with E-state index in [4.69, 9.17) is 0 Å². The number of nitrogens with zero attached hydrogens (tertiary/aromatic N) is 1. The van der Waals surface area contributed by atoms with Gasteiger partial charge >= 0.3 is 6.18 Å². The third-order valence-corrected chi connectivity index (χ3v) is 5.15. The molecule has 0 aliphatic carbocycles. The number of amides is 1. The molecule has 1 amide bonds. The van der Waals surface area contributed by atoms with Crippen LogP contribution in [-0.4, -0.2) is 35.4 Å². The molecule has 2 heterocycles. The van der Waals surface area contributed by atoms with Crippen molar-refractivity contribution in [2.24, 2.45) is 0 Å². The van der Waals surface area contributed by atoms with Gasteiger partial charge in [0.15, 0.2) is 0 Å². The van der Waals surface area contributed by atoms with E-state index in [0.717, 1.165) is 23.6 Å². The van der Waals surface area contributed by atoms with Gasteiger partial charge in [0.25, 0.3) is 5.91 Å². The van der Waals surface area contributed by atoms with Crippen LogP contribution in [-0.2, 0) is 19.1 Å². The van der Waals surface area contributed by atoms with E-state index >= 15 is 0 Å². The Kier molecular flexibility index (Phi) is 4.85. The molecule has 1 aliphatic heterocycles. The molecule has 146 valence electrons. The van der Waals surface area contributed by atoms with Crippen LogP contribution >= 0.6 is 0 Å². The Balaban J connectivity index is 1.40. The van der Waals surface area contributed by atoms with Gasteiger partial charge in [0.2, 0.25) is 0 Å². The summed E-state index contributed by atoms with van der Waals surface area (Å²) in [6, 6.07) is 11.7. The fourth-order valence-electron chi connectivity index (χ4n) is 3.76. The molecule has 1 aliphatic rings. The van der Waals surface area contributed by atoms with Crippen LogP contribution in [0.1, 0.15) is 27.0 Å². The van der Waals surface area contributed by atoms with Gasteiger partial charge in [0, 0.05) is 48.8 Å². The zero-order chi connectivity index (χ0) is 19.7. The highest BCUT2D eigenvalue weighted by molar-refractivity contribution is 5.96. The van der Waals surface area contributed by atoms with Crippen molar-refractivity contribution in [1.82, 2.24) is 15.2 Å². The molecule has 0 unspecified atom stereocenters. The number of hydrogen-bond acceptors (Lipinski definition) is 2. The van der Waals surface area contributed by atoms with Crippen LogP contribution in [0.2, 0.25) is 0 Å². The molecule has 3 aromatic rings. The number of benzene rings is 2. The van der Waals surface area contributed by atoms with Crippen LogP contribution in [0.5, 0.6) is 0 Å². The van der Waals surface area contributed by atoms with Gasteiger partial charge < -0.3 is 15.2 Å². The maximum atomic E-state index is 13.3. The zero-order valence-corrected chi connectivity index (χ0v) is 15.1. The van der Waals surface area contributed by atoms with Gasteiger partial charge in [-0.2, -0.15) is 13.2 Å². The summed E-state index contributed by atoms with van der Waals surface area (Å²) in [5.41, 5.74) is 2.20. The van der Waals surface area contributed by atoms with Gasteiger partial charge in [-0.1, -0.05) is 24.3 Å². The Morgan fingerprint density at radius 3 is 2.75 bits per heavy atom. The Bertz CT molecular complexity index is 1010. The van der Waals surface area contributed by atoms with E-state index in [0.29, 0.717) is 37.3 Å². The Labute approximate surface area is 160 Å². The van der Waals surface area contributed by atoms with Gasteiger partial charge in [-0.3, -0.25) is 4.79 Å². The lowest BCUT2D eigenvalue weighted by atomic mass is 9.99. The lowest BCUT2D eigenvalue weighted by Gasteiger charge is -2.28. The van der Waals surface area contributed by atoms with Crippen molar-refractivity contribution in [3.63, 3.8) is 0 Å². The fraction of sp³-hybridized carbons (Fsp3) is 0.286. The molecular weight excluding hydrogens is 367 g/mol. The van der Waals surface area contributed by atoms with Crippen LogP contribution in [0.3, 0.4) is 0 Å². The second-order valence-corrected chi connectivity index (χ2v) is 6.92. The third kappa shape index (κ3) is 3.49. The molecule has 2 N–H and O–H groups in total. The van der Waals surface area contributed by atoms with E-state index in [2.05, 4.69) is 10.3 Å². The summed E-state index contributed by atoms with van der Waals surface area (Å²) < 4.78 is 39.9. The number of aromatic nitrogens is 1. The number of carbonyl (C=O) groups is 1. The maximum absolute atomic E-state index is 13.3.